The molecule has 0 radical (unpaired) electrons. The van der Waals surface area contributed by atoms with Crippen molar-refractivity contribution >= 4 is 27.6 Å². The summed E-state index contributed by atoms with van der Waals surface area (Å²) in [5, 5.41) is 4.70. The van der Waals surface area contributed by atoms with E-state index in [2.05, 4.69) is 10.1 Å². The van der Waals surface area contributed by atoms with E-state index < -0.39 is 10.0 Å². The van der Waals surface area contributed by atoms with Gasteiger partial charge in [-0.15, -0.1) is 0 Å². The Morgan fingerprint density at radius 3 is 2.52 bits per heavy atom. The number of aromatic nitrogens is 2. The molecule has 1 aliphatic heterocycles. The molecule has 0 bridgehead atoms. The minimum atomic E-state index is -3.57. The van der Waals surface area contributed by atoms with Gasteiger partial charge in [-0.2, -0.15) is 9.29 Å². The summed E-state index contributed by atoms with van der Waals surface area (Å²) in [4.78, 5) is 6.61. The molecule has 0 N–H and O–H groups in total. The highest BCUT2D eigenvalue weighted by molar-refractivity contribution is 7.89. The van der Waals surface area contributed by atoms with Crippen LogP contribution in [0, 0.1) is 0 Å². The number of sulfonamides is 1. The summed E-state index contributed by atoms with van der Waals surface area (Å²) in [6.07, 6.45) is 0.510. The molecule has 31 heavy (non-hydrogen) atoms. The highest BCUT2D eigenvalue weighted by Gasteiger charge is 2.30. The van der Waals surface area contributed by atoms with Gasteiger partial charge in [-0.05, 0) is 48.9 Å². The van der Waals surface area contributed by atoms with Gasteiger partial charge in [0.2, 0.25) is 10.0 Å². The van der Waals surface area contributed by atoms with E-state index in [0.29, 0.717) is 61.8 Å². The maximum Gasteiger partial charge on any atom is 0.324 e. The summed E-state index contributed by atoms with van der Waals surface area (Å²) in [6.45, 7) is 4.02. The summed E-state index contributed by atoms with van der Waals surface area (Å²) in [5.74, 6) is 1.21. The first-order valence-electron chi connectivity index (χ1n) is 10.0. The van der Waals surface area contributed by atoms with Crippen molar-refractivity contribution in [1.29, 1.82) is 0 Å². The van der Waals surface area contributed by atoms with Crippen LogP contribution in [-0.4, -0.2) is 55.6 Å². The molecule has 0 spiro atoms. The predicted octanol–water partition coefficient (Wildman–Crippen LogP) is 3.22. The number of piperazine rings is 1. The van der Waals surface area contributed by atoms with Crippen LogP contribution in [0.4, 0.5) is 6.01 Å². The van der Waals surface area contributed by atoms with Crippen molar-refractivity contribution in [1.82, 2.24) is 14.4 Å². The lowest BCUT2D eigenvalue weighted by molar-refractivity contribution is 0.339. The molecular weight excluding hydrogens is 440 g/mol. The fourth-order valence-electron chi connectivity index (χ4n) is 3.42. The molecule has 0 aliphatic carbocycles. The molecule has 2 aromatic carbocycles. The van der Waals surface area contributed by atoms with Crippen molar-refractivity contribution in [2.45, 2.75) is 18.2 Å². The first-order valence-corrected chi connectivity index (χ1v) is 11.8. The molecule has 10 heteroatoms. The zero-order valence-corrected chi connectivity index (χ0v) is 18.6. The molecule has 1 saturated heterocycles. The zero-order chi connectivity index (χ0) is 21.8. The minimum Gasteiger partial charge on any atom is -0.494 e. The summed E-state index contributed by atoms with van der Waals surface area (Å²) in [5.41, 5.74) is 0.992. The fraction of sp³-hybridized carbons (Fsp3) is 0.333. The monoisotopic (exact) mass is 462 g/mol. The number of hydrogen-bond acceptors (Lipinski definition) is 7. The molecule has 164 valence electrons. The molecule has 4 rings (SSSR count). The van der Waals surface area contributed by atoms with Gasteiger partial charge in [0.1, 0.15) is 5.75 Å². The molecule has 2 heterocycles. The van der Waals surface area contributed by atoms with Crippen LogP contribution in [0.25, 0.3) is 0 Å². The lowest BCUT2D eigenvalue weighted by Gasteiger charge is -2.32. The maximum atomic E-state index is 12.9. The number of halogens is 1. The Morgan fingerprint density at radius 1 is 1.10 bits per heavy atom. The van der Waals surface area contributed by atoms with Gasteiger partial charge < -0.3 is 14.2 Å². The Hall–Kier alpha value is -2.62. The Morgan fingerprint density at radius 2 is 1.84 bits per heavy atom. The number of ether oxygens (including phenoxy) is 1. The number of anilines is 1. The molecule has 0 amide bonds. The summed E-state index contributed by atoms with van der Waals surface area (Å²) in [7, 11) is -3.57. The Kier molecular flexibility index (Phi) is 6.45. The van der Waals surface area contributed by atoms with Crippen molar-refractivity contribution in [3.05, 3.63) is 64.9 Å². The molecule has 0 unspecified atom stereocenters. The van der Waals surface area contributed by atoms with E-state index in [-0.39, 0.29) is 4.90 Å². The SMILES string of the molecule is CCOc1ccc(S(=O)(=O)N2CCN(c3nc(Cc4cccc(Cl)c4)no3)CC2)cc1. The topological polar surface area (TPSA) is 88.8 Å². The molecule has 1 aliphatic rings. The van der Waals surface area contributed by atoms with Crippen LogP contribution < -0.4 is 9.64 Å². The van der Waals surface area contributed by atoms with Crippen LogP contribution in [0.3, 0.4) is 0 Å². The van der Waals surface area contributed by atoms with Crippen LogP contribution in [0.1, 0.15) is 18.3 Å². The van der Waals surface area contributed by atoms with Crippen LogP contribution in [0.15, 0.2) is 57.9 Å². The molecule has 1 fully saturated rings. The fourth-order valence-corrected chi connectivity index (χ4v) is 5.05. The van der Waals surface area contributed by atoms with Crippen molar-refractivity contribution in [3.8, 4) is 5.75 Å². The van der Waals surface area contributed by atoms with Gasteiger partial charge in [-0.25, -0.2) is 8.42 Å². The second-order valence-corrected chi connectivity index (χ2v) is 9.47. The van der Waals surface area contributed by atoms with Crippen LogP contribution in [0.5, 0.6) is 5.75 Å². The van der Waals surface area contributed by atoms with Crippen molar-refractivity contribution in [2.24, 2.45) is 0 Å². The summed E-state index contributed by atoms with van der Waals surface area (Å²) < 4.78 is 38.1. The van der Waals surface area contributed by atoms with E-state index in [9.17, 15) is 8.42 Å². The number of hydrogen-bond donors (Lipinski definition) is 0. The Balaban J connectivity index is 1.37. The third kappa shape index (κ3) is 5.00. The van der Waals surface area contributed by atoms with Crippen LogP contribution in [0.2, 0.25) is 5.02 Å². The first kappa shape index (κ1) is 21.6. The van der Waals surface area contributed by atoms with E-state index in [1.807, 2.05) is 36.1 Å². The third-order valence-corrected chi connectivity index (χ3v) is 7.14. The largest absolute Gasteiger partial charge is 0.494 e. The van der Waals surface area contributed by atoms with Gasteiger partial charge in [0.15, 0.2) is 5.82 Å². The van der Waals surface area contributed by atoms with Crippen LogP contribution in [-0.2, 0) is 16.4 Å². The molecular formula is C21H23ClN4O4S. The first-order chi connectivity index (χ1) is 15.0. The average Bonchev–Trinajstić information content (AvgIpc) is 3.23. The average molecular weight is 463 g/mol. The predicted molar refractivity (Wildman–Crippen MR) is 117 cm³/mol. The lowest BCUT2D eigenvalue weighted by atomic mass is 10.1. The number of nitrogens with zero attached hydrogens (tertiary/aromatic N) is 4. The van der Waals surface area contributed by atoms with Gasteiger partial charge in [0.25, 0.3) is 0 Å². The second-order valence-electron chi connectivity index (χ2n) is 7.10. The van der Waals surface area contributed by atoms with Crippen molar-refractivity contribution < 1.29 is 17.7 Å². The molecule has 0 atom stereocenters. The highest BCUT2D eigenvalue weighted by atomic mass is 35.5. The van der Waals surface area contributed by atoms with E-state index in [1.54, 1.807) is 24.3 Å². The van der Waals surface area contributed by atoms with Gasteiger partial charge in [0.05, 0.1) is 11.5 Å². The Bertz CT molecular complexity index is 1130. The van der Waals surface area contributed by atoms with Gasteiger partial charge in [-0.1, -0.05) is 28.9 Å². The van der Waals surface area contributed by atoms with E-state index in [1.165, 1.54) is 4.31 Å². The smallest absolute Gasteiger partial charge is 0.324 e. The standard InChI is InChI=1S/C21H23ClN4O4S/c1-2-29-18-6-8-19(9-7-18)31(27,28)26-12-10-25(11-13-26)21-23-20(24-30-21)15-16-4-3-5-17(22)14-16/h3-9,14H,2,10-13,15H2,1H3. The molecule has 1 aromatic heterocycles. The number of benzene rings is 2. The lowest BCUT2D eigenvalue weighted by Crippen LogP contribution is -2.48. The molecule has 3 aromatic rings. The molecule has 0 saturated carbocycles. The van der Waals surface area contributed by atoms with Gasteiger partial charge in [-0.3, -0.25) is 0 Å². The minimum absolute atomic E-state index is 0.256. The zero-order valence-electron chi connectivity index (χ0n) is 17.1. The second kappa shape index (κ2) is 9.25. The van der Waals surface area contributed by atoms with Crippen molar-refractivity contribution in [3.63, 3.8) is 0 Å². The van der Waals surface area contributed by atoms with Crippen LogP contribution >= 0.6 is 11.6 Å². The Labute approximate surface area is 186 Å². The maximum absolute atomic E-state index is 12.9. The van der Waals surface area contributed by atoms with Crippen molar-refractivity contribution in [2.75, 3.05) is 37.7 Å². The van der Waals surface area contributed by atoms with Gasteiger partial charge in [0, 0.05) is 37.6 Å². The highest BCUT2D eigenvalue weighted by Crippen LogP contribution is 2.23. The number of rotatable bonds is 7. The summed E-state index contributed by atoms with van der Waals surface area (Å²) >= 11 is 6.02. The normalized spacial score (nSPS) is 15.2. The van der Waals surface area contributed by atoms with Gasteiger partial charge >= 0.3 is 6.01 Å². The quantitative estimate of drug-likeness (QED) is 0.532. The van der Waals surface area contributed by atoms with E-state index in [4.69, 9.17) is 20.9 Å². The molecule has 8 nitrogen and oxygen atoms in total. The third-order valence-electron chi connectivity index (χ3n) is 4.99. The van der Waals surface area contributed by atoms with E-state index >= 15 is 0 Å². The van der Waals surface area contributed by atoms with E-state index in [0.717, 1.165) is 5.56 Å². The summed E-state index contributed by atoms with van der Waals surface area (Å²) in [6, 6.07) is 14.4.